The van der Waals surface area contributed by atoms with Crippen molar-refractivity contribution >= 4 is 17.7 Å². The van der Waals surface area contributed by atoms with Gasteiger partial charge in [-0.15, -0.1) is 5.10 Å². The predicted octanol–water partition coefficient (Wildman–Crippen LogP) is 2.08. The molecule has 0 unspecified atom stereocenters. The second-order valence-electron chi connectivity index (χ2n) is 5.12. The third-order valence-corrected chi connectivity index (χ3v) is 4.34. The van der Waals surface area contributed by atoms with Gasteiger partial charge in [0, 0.05) is 6.54 Å². The van der Waals surface area contributed by atoms with Crippen LogP contribution in [0.1, 0.15) is 5.56 Å². The molecule has 0 saturated heterocycles. The number of hydrogen-bond acceptors (Lipinski definition) is 6. The van der Waals surface area contributed by atoms with Gasteiger partial charge < -0.3 is 10.1 Å². The number of nitrogens with one attached hydrogen (secondary N) is 1. The molecular formula is C17H17N5O2S. The zero-order chi connectivity index (χ0) is 17.5. The minimum atomic E-state index is -0.0712. The maximum Gasteiger partial charge on any atom is 0.230 e. The van der Waals surface area contributed by atoms with Crippen molar-refractivity contribution < 1.29 is 9.53 Å². The second-order valence-corrected chi connectivity index (χ2v) is 6.06. The Kier molecular flexibility index (Phi) is 5.63. The highest BCUT2D eigenvalue weighted by Crippen LogP contribution is 2.20. The molecule has 0 spiro atoms. The fourth-order valence-electron chi connectivity index (χ4n) is 2.13. The molecule has 3 rings (SSSR count). The summed E-state index contributed by atoms with van der Waals surface area (Å²) in [5.41, 5.74) is 1.86. The maximum atomic E-state index is 12.0. The zero-order valence-electron chi connectivity index (χ0n) is 13.6. The molecule has 0 aliphatic carbocycles. The first-order chi connectivity index (χ1) is 12.3. The number of thioether (sulfide) groups is 1. The molecule has 1 aromatic heterocycles. The van der Waals surface area contributed by atoms with Crippen LogP contribution >= 0.6 is 11.8 Å². The summed E-state index contributed by atoms with van der Waals surface area (Å²) in [5, 5.41) is 15.1. The van der Waals surface area contributed by atoms with E-state index in [0.29, 0.717) is 11.7 Å². The first-order valence-corrected chi connectivity index (χ1v) is 8.61. The van der Waals surface area contributed by atoms with E-state index < -0.39 is 0 Å². The van der Waals surface area contributed by atoms with Gasteiger partial charge in [0.05, 0.1) is 18.6 Å². The standard InChI is InChI=1S/C17H17N5O2S/c1-24-15-9-7-14(8-10-15)22-17(19-20-21-22)25-12-16(23)18-11-13-5-3-2-4-6-13/h2-10H,11-12H2,1H3,(H,18,23). The van der Waals surface area contributed by atoms with Gasteiger partial charge in [0.1, 0.15) is 5.75 Å². The topological polar surface area (TPSA) is 81.9 Å². The molecule has 0 fully saturated rings. The number of tetrazole rings is 1. The first-order valence-electron chi connectivity index (χ1n) is 7.62. The van der Waals surface area contributed by atoms with Gasteiger partial charge in [0.25, 0.3) is 0 Å². The van der Waals surface area contributed by atoms with Gasteiger partial charge in [0.15, 0.2) is 0 Å². The lowest BCUT2D eigenvalue weighted by molar-refractivity contribution is -0.118. The Morgan fingerprint density at radius 1 is 1.16 bits per heavy atom. The van der Waals surface area contributed by atoms with Crippen molar-refractivity contribution in [1.29, 1.82) is 0 Å². The Hall–Kier alpha value is -2.87. The van der Waals surface area contributed by atoms with E-state index >= 15 is 0 Å². The van der Waals surface area contributed by atoms with Crippen LogP contribution < -0.4 is 10.1 Å². The number of methoxy groups -OCH3 is 1. The number of nitrogens with zero attached hydrogens (tertiary/aromatic N) is 4. The molecule has 1 amide bonds. The zero-order valence-corrected chi connectivity index (χ0v) is 14.4. The molecule has 0 bridgehead atoms. The number of carbonyl (C=O) groups excluding carboxylic acids is 1. The van der Waals surface area contributed by atoms with Crippen molar-refractivity contribution in [1.82, 2.24) is 25.5 Å². The highest BCUT2D eigenvalue weighted by Gasteiger charge is 2.11. The smallest absolute Gasteiger partial charge is 0.230 e. The van der Waals surface area contributed by atoms with Gasteiger partial charge in [-0.05, 0) is 40.3 Å². The molecule has 0 saturated carbocycles. The fourth-order valence-corrected chi connectivity index (χ4v) is 2.85. The Morgan fingerprint density at radius 3 is 2.64 bits per heavy atom. The largest absolute Gasteiger partial charge is 0.497 e. The van der Waals surface area contributed by atoms with Gasteiger partial charge in [-0.2, -0.15) is 4.68 Å². The summed E-state index contributed by atoms with van der Waals surface area (Å²) in [4.78, 5) is 12.0. The van der Waals surface area contributed by atoms with Crippen LogP contribution in [0.2, 0.25) is 0 Å². The molecule has 128 valence electrons. The van der Waals surface area contributed by atoms with E-state index in [1.807, 2.05) is 54.6 Å². The van der Waals surface area contributed by atoms with Crippen molar-refractivity contribution in [2.45, 2.75) is 11.7 Å². The highest BCUT2D eigenvalue weighted by atomic mass is 32.2. The molecule has 0 radical (unpaired) electrons. The Labute approximate surface area is 149 Å². The summed E-state index contributed by atoms with van der Waals surface area (Å²) in [6, 6.07) is 17.1. The number of amides is 1. The van der Waals surface area contributed by atoms with Crippen molar-refractivity contribution in [3.05, 3.63) is 60.2 Å². The third kappa shape index (κ3) is 4.57. The monoisotopic (exact) mass is 355 g/mol. The average molecular weight is 355 g/mol. The summed E-state index contributed by atoms with van der Waals surface area (Å²) >= 11 is 1.29. The minimum Gasteiger partial charge on any atom is -0.497 e. The van der Waals surface area contributed by atoms with Crippen LogP contribution in [0.3, 0.4) is 0 Å². The Balaban J connectivity index is 1.56. The van der Waals surface area contributed by atoms with Crippen LogP contribution in [0.5, 0.6) is 5.75 Å². The normalized spacial score (nSPS) is 10.4. The molecule has 8 heteroatoms. The average Bonchev–Trinajstić information content (AvgIpc) is 3.14. The summed E-state index contributed by atoms with van der Waals surface area (Å²) in [6.07, 6.45) is 0. The van der Waals surface area contributed by atoms with E-state index in [2.05, 4.69) is 20.8 Å². The molecule has 3 aromatic rings. The Morgan fingerprint density at radius 2 is 1.92 bits per heavy atom. The summed E-state index contributed by atoms with van der Waals surface area (Å²) in [6.45, 7) is 0.504. The van der Waals surface area contributed by atoms with Gasteiger partial charge in [-0.25, -0.2) is 0 Å². The van der Waals surface area contributed by atoms with E-state index in [-0.39, 0.29) is 11.7 Å². The highest BCUT2D eigenvalue weighted by molar-refractivity contribution is 7.99. The van der Waals surface area contributed by atoms with Crippen LogP contribution in [0.15, 0.2) is 59.8 Å². The molecule has 0 aliphatic rings. The lowest BCUT2D eigenvalue weighted by Crippen LogP contribution is -2.24. The van der Waals surface area contributed by atoms with Crippen LogP contribution in [0.25, 0.3) is 5.69 Å². The van der Waals surface area contributed by atoms with E-state index in [1.165, 1.54) is 11.8 Å². The second kappa shape index (κ2) is 8.29. The molecule has 2 aromatic carbocycles. The van der Waals surface area contributed by atoms with E-state index in [1.54, 1.807) is 11.8 Å². The maximum absolute atomic E-state index is 12.0. The number of ether oxygens (including phenoxy) is 1. The van der Waals surface area contributed by atoms with E-state index in [0.717, 1.165) is 17.0 Å². The molecule has 0 atom stereocenters. The van der Waals surface area contributed by atoms with Crippen LogP contribution in [0, 0.1) is 0 Å². The first kappa shape index (κ1) is 17.0. The molecule has 1 N–H and O–H groups in total. The summed E-state index contributed by atoms with van der Waals surface area (Å²) in [7, 11) is 1.61. The predicted molar refractivity (Wildman–Crippen MR) is 94.7 cm³/mol. The number of benzene rings is 2. The van der Waals surface area contributed by atoms with E-state index in [9.17, 15) is 4.79 Å². The lowest BCUT2D eigenvalue weighted by Gasteiger charge is -2.06. The van der Waals surface area contributed by atoms with Crippen LogP contribution in [-0.4, -0.2) is 39.0 Å². The number of rotatable bonds is 7. The van der Waals surface area contributed by atoms with E-state index in [4.69, 9.17) is 4.74 Å². The van der Waals surface area contributed by atoms with Gasteiger partial charge in [-0.3, -0.25) is 4.79 Å². The Bertz CT molecular complexity index is 821. The van der Waals surface area contributed by atoms with Crippen molar-refractivity contribution in [3.8, 4) is 11.4 Å². The molecule has 1 heterocycles. The molecule has 25 heavy (non-hydrogen) atoms. The number of carbonyl (C=O) groups is 1. The minimum absolute atomic E-state index is 0.0712. The van der Waals surface area contributed by atoms with Crippen LogP contribution in [-0.2, 0) is 11.3 Å². The quantitative estimate of drug-likeness (QED) is 0.654. The fraction of sp³-hybridized carbons (Fsp3) is 0.176. The molecule has 0 aliphatic heterocycles. The molecule has 7 nitrogen and oxygen atoms in total. The lowest BCUT2D eigenvalue weighted by atomic mass is 10.2. The number of hydrogen-bond donors (Lipinski definition) is 1. The summed E-state index contributed by atoms with van der Waals surface area (Å²) < 4.78 is 6.73. The number of aromatic nitrogens is 4. The van der Waals surface area contributed by atoms with Gasteiger partial charge in [-0.1, -0.05) is 42.1 Å². The molecular weight excluding hydrogens is 338 g/mol. The van der Waals surface area contributed by atoms with Crippen LogP contribution in [0.4, 0.5) is 0 Å². The van der Waals surface area contributed by atoms with Gasteiger partial charge in [0.2, 0.25) is 11.1 Å². The van der Waals surface area contributed by atoms with Crippen molar-refractivity contribution in [3.63, 3.8) is 0 Å². The SMILES string of the molecule is COc1ccc(-n2nnnc2SCC(=O)NCc2ccccc2)cc1. The summed E-state index contributed by atoms with van der Waals surface area (Å²) in [5.74, 6) is 0.924. The third-order valence-electron chi connectivity index (χ3n) is 3.42. The van der Waals surface area contributed by atoms with Gasteiger partial charge >= 0.3 is 0 Å². The van der Waals surface area contributed by atoms with Crippen molar-refractivity contribution in [2.75, 3.05) is 12.9 Å². The van der Waals surface area contributed by atoms with Crippen molar-refractivity contribution in [2.24, 2.45) is 0 Å².